The van der Waals surface area contributed by atoms with Crippen molar-refractivity contribution in [1.29, 1.82) is 0 Å². The molecule has 0 radical (unpaired) electrons. The molecule has 1 fully saturated rings. The molecule has 0 bridgehead atoms. The van der Waals surface area contributed by atoms with Crippen LogP contribution >= 0.6 is 0 Å². The Labute approximate surface area is 195 Å². The van der Waals surface area contributed by atoms with Gasteiger partial charge in [-0.2, -0.15) is 4.98 Å². The summed E-state index contributed by atoms with van der Waals surface area (Å²) in [5.41, 5.74) is 2.51. The van der Waals surface area contributed by atoms with Crippen molar-refractivity contribution in [2.45, 2.75) is 19.4 Å². The minimum atomic E-state index is -0.684. The lowest BCUT2D eigenvalue weighted by Gasteiger charge is -2.44. The van der Waals surface area contributed by atoms with Gasteiger partial charge in [0, 0.05) is 47.9 Å². The molecular weight excluding hydrogens is 430 g/mol. The lowest BCUT2D eigenvalue weighted by Crippen LogP contribution is -2.59. The van der Waals surface area contributed by atoms with Crippen molar-refractivity contribution in [3.63, 3.8) is 0 Å². The molecule has 0 aliphatic carbocycles. The summed E-state index contributed by atoms with van der Waals surface area (Å²) in [5, 5.41) is 26.8. The van der Waals surface area contributed by atoms with Gasteiger partial charge < -0.3 is 20.4 Å². The lowest BCUT2D eigenvalue weighted by atomic mass is 10.0. The predicted molar refractivity (Wildman–Crippen MR) is 128 cm³/mol. The minimum Gasteiger partial charge on any atom is -0.394 e. The maximum absolute atomic E-state index is 13.5. The first-order valence-corrected chi connectivity index (χ1v) is 10.8. The highest BCUT2D eigenvalue weighted by atomic mass is 19.1. The Morgan fingerprint density at radius 2 is 1.64 bits per heavy atom. The van der Waals surface area contributed by atoms with E-state index in [0.717, 1.165) is 49.2 Å². The summed E-state index contributed by atoms with van der Waals surface area (Å²) in [6, 6.07) is 9.25. The molecule has 182 valence electrons. The van der Waals surface area contributed by atoms with Crippen molar-refractivity contribution in [2.24, 2.45) is 0 Å². The molecule has 2 aromatic carbocycles. The van der Waals surface area contributed by atoms with Crippen molar-refractivity contribution in [2.75, 3.05) is 49.6 Å². The molecule has 4 rings (SSSR count). The molecule has 3 N–H and O–H groups in total. The van der Waals surface area contributed by atoms with Gasteiger partial charge in [0.05, 0.1) is 24.4 Å². The van der Waals surface area contributed by atoms with Gasteiger partial charge in [0.1, 0.15) is 18.0 Å². The normalized spacial score (nSPS) is 15.2. The van der Waals surface area contributed by atoms with Crippen LogP contribution in [0.3, 0.4) is 0 Å². The molecule has 1 saturated heterocycles. The van der Waals surface area contributed by atoms with Crippen LogP contribution in [0.5, 0.6) is 0 Å². The summed E-state index contributed by atoms with van der Waals surface area (Å²) in [6.45, 7) is 6.65. The van der Waals surface area contributed by atoms with Crippen molar-refractivity contribution in [1.82, 2.24) is 19.7 Å². The largest absolute Gasteiger partial charge is 0.394 e. The van der Waals surface area contributed by atoms with Crippen molar-refractivity contribution < 1.29 is 23.3 Å². The van der Waals surface area contributed by atoms with E-state index in [1.54, 1.807) is 0 Å². The van der Waals surface area contributed by atoms with E-state index >= 15 is 0 Å². The molecule has 1 aliphatic heterocycles. The van der Waals surface area contributed by atoms with Crippen molar-refractivity contribution >= 4 is 17.3 Å². The second-order valence-electron chi connectivity index (χ2n) is 8.61. The molecule has 0 amide bonds. The maximum atomic E-state index is 13.5. The van der Waals surface area contributed by atoms with Gasteiger partial charge in [-0.25, -0.2) is 13.5 Å². The maximum Gasteiger partial charge on any atom is 0.246 e. The number of anilines is 3. The fourth-order valence-corrected chi connectivity index (χ4v) is 4.02. The summed E-state index contributed by atoms with van der Waals surface area (Å²) in [5.74, 6) is -1.06. The second-order valence-corrected chi connectivity index (χ2v) is 8.61. The molecule has 10 heteroatoms. The number of hydrogen-bond donors (Lipinski definition) is 3. The Morgan fingerprint density at radius 3 is 2.27 bits per heavy atom. The first-order chi connectivity index (χ1) is 15.8. The zero-order chi connectivity index (χ0) is 23.6. The van der Waals surface area contributed by atoms with Gasteiger partial charge >= 0.3 is 0 Å². The summed E-state index contributed by atoms with van der Waals surface area (Å²) >= 11 is 0. The molecule has 1 aromatic heterocycles. The van der Waals surface area contributed by atoms with Crippen LogP contribution in [0.4, 0.5) is 26.1 Å². The van der Waals surface area contributed by atoms with Gasteiger partial charge in [-0.15, -0.1) is 5.10 Å². The number of aliphatic hydroxyl groups excluding tert-OH is 2. The van der Waals surface area contributed by atoms with E-state index < -0.39 is 17.2 Å². The Kier molecular flexibility index (Phi) is 6.59. The van der Waals surface area contributed by atoms with Crippen LogP contribution in [0.2, 0.25) is 0 Å². The number of halogens is 2. The quantitative estimate of drug-likeness (QED) is 0.495. The predicted octanol–water partition coefficient (Wildman–Crippen LogP) is 3.20. The number of hydrogen-bond acceptors (Lipinski definition) is 7. The lowest BCUT2D eigenvalue weighted by molar-refractivity contribution is -0.00355. The summed E-state index contributed by atoms with van der Waals surface area (Å²) in [4.78, 5) is 8.57. The van der Waals surface area contributed by atoms with Gasteiger partial charge in [0.2, 0.25) is 5.95 Å². The number of nitrogens with one attached hydrogen (secondary N) is 1. The number of benzene rings is 2. The molecule has 0 spiro atoms. The van der Waals surface area contributed by atoms with Crippen LogP contribution in [0.15, 0.2) is 42.7 Å². The number of aryl methyl sites for hydroxylation is 1. The van der Waals surface area contributed by atoms with E-state index in [1.807, 2.05) is 26.0 Å². The second kappa shape index (κ2) is 9.42. The van der Waals surface area contributed by atoms with E-state index in [1.165, 1.54) is 23.1 Å². The van der Waals surface area contributed by atoms with E-state index in [0.29, 0.717) is 5.95 Å². The molecule has 8 nitrogen and oxygen atoms in total. The van der Waals surface area contributed by atoms with Gasteiger partial charge in [-0.1, -0.05) is 0 Å². The highest BCUT2D eigenvalue weighted by Crippen LogP contribution is 2.26. The van der Waals surface area contributed by atoms with E-state index in [-0.39, 0.29) is 23.2 Å². The Hall–Kier alpha value is -3.08. The Balaban J connectivity index is 0.00000216. The fraction of sp³-hybridized carbons (Fsp3) is 0.391. The van der Waals surface area contributed by atoms with Crippen LogP contribution < -0.4 is 10.2 Å². The first kappa shape index (κ1) is 23.1. The molecule has 3 aromatic rings. The molecular formula is C23H34F2N6O2. The number of aromatic nitrogens is 3. The standard InChI is InChI=1S/C23H28F2N6O2.3H2/c1-16-7-19(27-22-26-15-31(28-22)21-10-17(24)9-18(25)11-21)12-20(8-16)29-3-5-30(6-4-29)23(2,13-32)14-33;;;/h7-12,15,32-33H,3-6,13-14H2,1-2H3,(H,27,28);3*1H. The summed E-state index contributed by atoms with van der Waals surface area (Å²) in [7, 11) is 0. The highest BCUT2D eigenvalue weighted by molar-refractivity contribution is 5.64. The van der Waals surface area contributed by atoms with E-state index in [9.17, 15) is 19.0 Å². The molecule has 0 unspecified atom stereocenters. The molecule has 0 atom stereocenters. The summed E-state index contributed by atoms with van der Waals surface area (Å²) in [6.07, 6.45) is 1.39. The van der Waals surface area contributed by atoms with Gasteiger partial charge in [-0.05, 0) is 49.7 Å². The minimum absolute atomic E-state index is 0. The van der Waals surface area contributed by atoms with Crippen LogP contribution in [0, 0.1) is 18.6 Å². The third-order valence-electron chi connectivity index (χ3n) is 6.01. The number of rotatable bonds is 7. The first-order valence-electron chi connectivity index (χ1n) is 10.8. The average Bonchev–Trinajstić information content (AvgIpc) is 3.26. The van der Waals surface area contributed by atoms with E-state index in [2.05, 4.69) is 31.3 Å². The van der Waals surface area contributed by atoms with Crippen LogP contribution in [0.1, 0.15) is 16.8 Å². The topological polar surface area (TPSA) is 89.7 Å². The zero-order valence-electron chi connectivity index (χ0n) is 18.7. The van der Waals surface area contributed by atoms with Crippen LogP contribution in [-0.2, 0) is 0 Å². The Morgan fingerprint density at radius 1 is 0.970 bits per heavy atom. The third kappa shape index (κ3) is 5.13. The van der Waals surface area contributed by atoms with E-state index in [4.69, 9.17) is 0 Å². The number of aliphatic hydroxyl groups is 2. The van der Waals surface area contributed by atoms with Crippen molar-refractivity contribution in [3.05, 3.63) is 59.9 Å². The average molecular weight is 465 g/mol. The number of piperazine rings is 1. The van der Waals surface area contributed by atoms with Gasteiger partial charge in [0.15, 0.2) is 0 Å². The Bertz CT molecular complexity index is 1100. The monoisotopic (exact) mass is 464 g/mol. The smallest absolute Gasteiger partial charge is 0.246 e. The third-order valence-corrected chi connectivity index (χ3v) is 6.01. The molecule has 1 aliphatic rings. The zero-order valence-corrected chi connectivity index (χ0v) is 18.7. The SMILES string of the molecule is Cc1cc(Nc2ncn(-c3cc(F)cc(F)c3)n2)cc(N2CCN(C(C)(CO)CO)CC2)c1.[HH].[HH].[HH]. The molecule has 33 heavy (non-hydrogen) atoms. The molecule has 2 heterocycles. The summed E-state index contributed by atoms with van der Waals surface area (Å²) < 4.78 is 28.3. The van der Waals surface area contributed by atoms with Crippen LogP contribution in [0.25, 0.3) is 5.69 Å². The van der Waals surface area contributed by atoms with Gasteiger partial charge in [0.25, 0.3) is 0 Å². The van der Waals surface area contributed by atoms with Crippen molar-refractivity contribution in [3.8, 4) is 5.69 Å². The van der Waals surface area contributed by atoms with Gasteiger partial charge in [-0.3, -0.25) is 4.90 Å². The highest BCUT2D eigenvalue weighted by Gasteiger charge is 2.33. The van der Waals surface area contributed by atoms with Crippen LogP contribution in [-0.4, -0.2) is 74.8 Å². The molecule has 0 saturated carbocycles. The number of nitrogens with zero attached hydrogens (tertiary/aromatic N) is 5. The fourth-order valence-electron chi connectivity index (χ4n) is 4.02.